The summed E-state index contributed by atoms with van der Waals surface area (Å²) in [5, 5.41) is 2.10. The van der Waals surface area contributed by atoms with Crippen LogP contribution >= 0.6 is 0 Å². The number of hydrogen-bond donors (Lipinski definition) is 0. The number of pyridine rings is 2. The van der Waals surface area contributed by atoms with E-state index in [4.69, 9.17) is 9.40 Å². The normalized spacial score (nSPS) is 11.3. The fraction of sp³-hybridized carbons (Fsp3) is 0.0833. The Hall–Kier alpha value is -3.46. The third kappa shape index (κ3) is 2.59. The zero-order valence-corrected chi connectivity index (χ0v) is 15.2. The molecule has 130 valence electrons. The van der Waals surface area contributed by atoms with Crippen molar-refractivity contribution < 1.29 is 4.42 Å². The molecule has 0 fully saturated rings. The fourth-order valence-electron chi connectivity index (χ4n) is 3.57. The molecule has 0 amide bonds. The van der Waals surface area contributed by atoms with Crippen molar-refractivity contribution in [3.8, 4) is 22.4 Å². The summed E-state index contributed by atoms with van der Waals surface area (Å²) in [4.78, 5) is 9.23. The van der Waals surface area contributed by atoms with E-state index >= 15 is 0 Å². The van der Waals surface area contributed by atoms with Gasteiger partial charge in [-0.2, -0.15) is 0 Å². The molecule has 0 bridgehead atoms. The van der Waals surface area contributed by atoms with E-state index in [1.54, 1.807) is 0 Å². The van der Waals surface area contributed by atoms with Gasteiger partial charge in [0.05, 0.1) is 5.69 Å². The van der Waals surface area contributed by atoms with Crippen LogP contribution in [0.3, 0.4) is 0 Å². The minimum atomic E-state index is 0.674. The maximum atomic E-state index is 6.14. The van der Waals surface area contributed by atoms with E-state index in [-0.39, 0.29) is 0 Å². The summed E-state index contributed by atoms with van der Waals surface area (Å²) >= 11 is 0. The Bertz CT molecular complexity index is 1290. The molecular formula is C24H18N2O. The molecule has 0 aliphatic rings. The van der Waals surface area contributed by atoms with Crippen LogP contribution in [0, 0.1) is 13.8 Å². The van der Waals surface area contributed by atoms with Crippen molar-refractivity contribution >= 4 is 22.1 Å². The highest BCUT2D eigenvalue weighted by Crippen LogP contribution is 2.36. The topological polar surface area (TPSA) is 38.9 Å². The van der Waals surface area contributed by atoms with Gasteiger partial charge in [0.1, 0.15) is 5.58 Å². The Labute approximate surface area is 157 Å². The number of furan rings is 1. The van der Waals surface area contributed by atoms with Crippen molar-refractivity contribution in [1.82, 2.24) is 9.97 Å². The predicted octanol–water partition coefficient (Wildman–Crippen LogP) is 6.33. The largest absolute Gasteiger partial charge is 0.437 e. The van der Waals surface area contributed by atoms with Crippen LogP contribution in [0.15, 0.2) is 77.3 Å². The lowest BCUT2D eigenvalue weighted by Gasteiger charge is -2.09. The smallest absolute Gasteiger partial charge is 0.227 e. The summed E-state index contributed by atoms with van der Waals surface area (Å²) in [6.07, 6.45) is 1.93. The average molecular weight is 350 g/mol. The van der Waals surface area contributed by atoms with Crippen molar-refractivity contribution in [3.63, 3.8) is 0 Å². The molecular weight excluding hydrogens is 332 g/mol. The molecule has 5 aromatic rings. The molecule has 3 aromatic heterocycles. The minimum absolute atomic E-state index is 0.674. The molecule has 0 atom stereocenters. The molecule has 0 radical (unpaired) electrons. The van der Waals surface area contributed by atoms with Gasteiger partial charge in [0.25, 0.3) is 0 Å². The fourth-order valence-corrected chi connectivity index (χ4v) is 3.57. The van der Waals surface area contributed by atoms with Crippen molar-refractivity contribution in [2.24, 2.45) is 0 Å². The van der Waals surface area contributed by atoms with Crippen LogP contribution in [0.4, 0.5) is 0 Å². The lowest BCUT2D eigenvalue weighted by molar-refractivity contribution is 0.653. The molecule has 0 aliphatic heterocycles. The average Bonchev–Trinajstić information content (AvgIpc) is 3.06. The third-order valence-corrected chi connectivity index (χ3v) is 4.97. The molecule has 0 unspecified atom stereocenters. The summed E-state index contributed by atoms with van der Waals surface area (Å²) in [7, 11) is 0. The van der Waals surface area contributed by atoms with Gasteiger partial charge in [-0.05, 0) is 54.8 Å². The summed E-state index contributed by atoms with van der Waals surface area (Å²) in [6, 6.07) is 22.8. The van der Waals surface area contributed by atoms with Gasteiger partial charge in [0, 0.05) is 28.2 Å². The van der Waals surface area contributed by atoms with E-state index in [1.807, 2.05) is 25.3 Å². The first-order chi connectivity index (χ1) is 13.2. The van der Waals surface area contributed by atoms with Crippen molar-refractivity contribution in [2.45, 2.75) is 13.8 Å². The molecule has 0 aliphatic carbocycles. The second-order valence-electron chi connectivity index (χ2n) is 6.84. The molecule has 27 heavy (non-hydrogen) atoms. The minimum Gasteiger partial charge on any atom is -0.437 e. The van der Waals surface area contributed by atoms with Crippen LogP contribution in [-0.4, -0.2) is 9.97 Å². The van der Waals surface area contributed by atoms with E-state index in [0.717, 1.165) is 38.9 Å². The van der Waals surface area contributed by atoms with Gasteiger partial charge in [0.15, 0.2) is 0 Å². The summed E-state index contributed by atoms with van der Waals surface area (Å²) in [6.45, 7) is 4.06. The van der Waals surface area contributed by atoms with Crippen molar-refractivity contribution in [1.29, 1.82) is 0 Å². The molecule has 0 saturated heterocycles. The zero-order valence-electron chi connectivity index (χ0n) is 15.2. The van der Waals surface area contributed by atoms with Crippen molar-refractivity contribution in [3.05, 3.63) is 84.2 Å². The second-order valence-corrected chi connectivity index (χ2v) is 6.84. The van der Waals surface area contributed by atoms with Crippen LogP contribution in [0.25, 0.3) is 44.5 Å². The Morgan fingerprint density at radius 3 is 2.48 bits per heavy atom. The molecule has 3 heteroatoms. The van der Waals surface area contributed by atoms with E-state index in [2.05, 4.69) is 66.5 Å². The predicted molar refractivity (Wildman–Crippen MR) is 110 cm³/mol. The zero-order chi connectivity index (χ0) is 18.4. The first-order valence-electron chi connectivity index (χ1n) is 9.02. The first kappa shape index (κ1) is 15.8. The van der Waals surface area contributed by atoms with Crippen LogP contribution < -0.4 is 0 Å². The summed E-state index contributed by atoms with van der Waals surface area (Å²) in [5.74, 6) is 0. The third-order valence-electron chi connectivity index (χ3n) is 4.97. The Morgan fingerprint density at radius 1 is 0.778 bits per heavy atom. The monoisotopic (exact) mass is 350 g/mol. The first-order valence-corrected chi connectivity index (χ1v) is 9.02. The van der Waals surface area contributed by atoms with Crippen LogP contribution in [0.5, 0.6) is 0 Å². The van der Waals surface area contributed by atoms with Gasteiger partial charge < -0.3 is 4.42 Å². The number of hydrogen-bond acceptors (Lipinski definition) is 3. The molecule has 0 saturated carbocycles. The Balaban J connectivity index is 1.75. The van der Waals surface area contributed by atoms with E-state index in [0.29, 0.717) is 5.71 Å². The van der Waals surface area contributed by atoms with E-state index in [9.17, 15) is 0 Å². The van der Waals surface area contributed by atoms with E-state index < -0.39 is 0 Å². The van der Waals surface area contributed by atoms with Gasteiger partial charge in [-0.1, -0.05) is 42.5 Å². The number of nitrogens with zero attached hydrogens (tertiary/aromatic N) is 2. The standard InChI is InChI=1S/C24H18N2O/c1-15-14-25-22(13-21(15)17-7-4-3-5-8-17)20-10-6-9-18-19-12-11-16(2)26-24(19)27-23(18)20/h3-14H,1-2H3. The van der Waals surface area contributed by atoms with Gasteiger partial charge in [-0.25, -0.2) is 4.98 Å². The SMILES string of the molecule is Cc1ccc2c(n1)oc1c(-c3cc(-c4ccccc4)c(C)cn3)cccc12. The lowest BCUT2D eigenvalue weighted by atomic mass is 9.99. The van der Waals surface area contributed by atoms with Gasteiger partial charge in [-0.15, -0.1) is 0 Å². The summed E-state index contributed by atoms with van der Waals surface area (Å²) in [5.41, 5.74) is 7.87. The van der Waals surface area contributed by atoms with E-state index in [1.165, 1.54) is 11.1 Å². The number of aromatic nitrogens is 2. The second kappa shape index (κ2) is 6.06. The van der Waals surface area contributed by atoms with Crippen molar-refractivity contribution in [2.75, 3.05) is 0 Å². The number of rotatable bonds is 2. The molecule has 2 aromatic carbocycles. The molecule has 5 rings (SSSR count). The van der Waals surface area contributed by atoms with Gasteiger partial charge in [0.2, 0.25) is 5.71 Å². The number of aryl methyl sites for hydroxylation is 2. The Kier molecular flexibility index (Phi) is 3.54. The quantitative estimate of drug-likeness (QED) is 0.373. The van der Waals surface area contributed by atoms with Crippen LogP contribution in [0.2, 0.25) is 0 Å². The highest BCUT2D eigenvalue weighted by Gasteiger charge is 2.15. The molecule has 0 spiro atoms. The number of fused-ring (bicyclic) bond motifs is 3. The van der Waals surface area contributed by atoms with Crippen LogP contribution in [-0.2, 0) is 0 Å². The highest BCUT2D eigenvalue weighted by molar-refractivity contribution is 6.08. The molecule has 3 heterocycles. The maximum absolute atomic E-state index is 6.14. The van der Waals surface area contributed by atoms with Gasteiger partial charge in [-0.3, -0.25) is 4.98 Å². The summed E-state index contributed by atoms with van der Waals surface area (Å²) < 4.78 is 6.14. The lowest BCUT2D eigenvalue weighted by Crippen LogP contribution is -1.90. The highest BCUT2D eigenvalue weighted by atomic mass is 16.3. The number of para-hydroxylation sites is 1. The Morgan fingerprint density at radius 2 is 1.63 bits per heavy atom. The van der Waals surface area contributed by atoms with Gasteiger partial charge >= 0.3 is 0 Å². The molecule has 0 N–H and O–H groups in total. The molecule has 3 nitrogen and oxygen atoms in total. The van der Waals surface area contributed by atoms with Crippen LogP contribution in [0.1, 0.15) is 11.3 Å². The number of benzene rings is 2. The maximum Gasteiger partial charge on any atom is 0.227 e.